The fourth-order valence-electron chi connectivity index (χ4n) is 4.53. The topological polar surface area (TPSA) is 72.3 Å². The molecule has 0 unspecified atom stereocenters. The fraction of sp³-hybridized carbons (Fsp3) is 0.842. The minimum atomic E-state index is -0.00693. The number of aromatic nitrogens is 3. The number of hydrogen-bond donors (Lipinski definition) is 1. The molecule has 1 N–H and O–H groups in total. The van der Waals surface area contributed by atoms with Crippen LogP contribution in [0.25, 0.3) is 0 Å². The highest BCUT2D eigenvalue weighted by molar-refractivity contribution is 5.78. The first-order chi connectivity index (χ1) is 12.8. The van der Waals surface area contributed by atoms with E-state index in [0.29, 0.717) is 19.8 Å². The van der Waals surface area contributed by atoms with Crippen LogP contribution in [-0.4, -0.2) is 58.4 Å². The van der Waals surface area contributed by atoms with E-state index in [1.54, 1.807) is 0 Å². The summed E-state index contributed by atoms with van der Waals surface area (Å²) >= 11 is 0. The monoisotopic (exact) mass is 361 g/mol. The van der Waals surface area contributed by atoms with Crippen molar-refractivity contribution in [3.63, 3.8) is 0 Å². The lowest BCUT2D eigenvalue weighted by atomic mass is 9.89. The predicted octanol–water partition coefficient (Wildman–Crippen LogP) is 1.37. The third kappa shape index (κ3) is 4.26. The third-order valence-electron chi connectivity index (χ3n) is 6.16. The van der Waals surface area contributed by atoms with Gasteiger partial charge in [0.25, 0.3) is 0 Å². The Balaban J connectivity index is 1.30. The summed E-state index contributed by atoms with van der Waals surface area (Å²) in [6, 6.07) is 0. The van der Waals surface area contributed by atoms with Gasteiger partial charge in [0.1, 0.15) is 5.82 Å². The van der Waals surface area contributed by atoms with Gasteiger partial charge in [0.05, 0.1) is 19.1 Å². The number of nitrogens with one attached hydrogen (secondary N) is 1. The lowest BCUT2D eigenvalue weighted by Crippen LogP contribution is -2.33. The van der Waals surface area contributed by atoms with Crippen LogP contribution in [0.4, 0.5) is 0 Å². The Morgan fingerprint density at radius 1 is 1.12 bits per heavy atom. The molecular formula is C19H31N5O2. The number of carbonyl (C=O) groups is 1. The molecule has 0 aromatic carbocycles. The maximum absolute atomic E-state index is 12.2. The number of hydrogen-bond acceptors (Lipinski definition) is 5. The highest BCUT2D eigenvalue weighted by Crippen LogP contribution is 2.25. The van der Waals surface area contributed by atoms with Crippen molar-refractivity contribution in [2.75, 3.05) is 32.8 Å². The highest BCUT2D eigenvalue weighted by atomic mass is 16.5. The molecule has 1 aromatic rings. The van der Waals surface area contributed by atoms with Gasteiger partial charge in [-0.15, -0.1) is 10.2 Å². The minimum Gasteiger partial charge on any atom is -0.381 e. The summed E-state index contributed by atoms with van der Waals surface area (Å²) in [6.45, 7) is 5.97. The molecule has 26 heavy (non-hydrogen) atoms. The van der Waals surface area contributed by atoms with Crippen molar-refractivity contribution in [3.8, 4) is 0 Å². The molecule has 4 rings (SSSR count). The van der Waals surface area contributed by atoms with E-state index < -0.39 is 0 Å². The van der Waals surface area contributed by atoms with Gasteiger partial charge < -0.3 is 19.5 Å². The Morgan fingerprint density at radius 2 is 2.00 bits per heavy atom. The molecule has 1 saturated carbocycles. The van der Waals surface area contributed by atoms with Crippen molar-refractivity contribution in [2.24, 2.45) is 11.8 Å². The van der Waals surface area contributed by atoms with Crippen molar-refractivity contribution in [1.29, 1.82) is 0 Å². The third-order valence-corrected chi connectivity index (χ3v) is 6.16. The van der Waals surface area contributed by atoms with Gasteiger partial charge in [0, 0.05) is 39.2 Å². The molecule has 7 heteroatoms. The first-order valence-electron chi connectivity index (χ1n) is 10.3. The first kappa shape index (κ1) is 17.9. The van der Waals surface area contributed by atoms with Crippen LogP contribution in [0.5, 0.6) is 0 Å². The summed E-state index contributed by atoms with van der Waals surface area (Å²) in [5.74, 6) is 2.89. The normalized spacial score (nSPS) is 25.0. The van der Waals surface area contributed by atoms with Gasteiger partial charge in [0.2, 0.25) is 5.91 Å². The van der Waals surface area contributed by atoms with Crippen LogP contribution in [0.1, 0.15) is 50.2 Å². The molecule has 3 aliphatic rings. The molecular weight excluding hydrogens is 330 g/mol. The van der Waals surface area contributed by atoms with Crippen molar-refractivity contribution in [1.82, 2.24) is 25.0 Å². The molecule has 0 spiro atoms. The molecule has 7 nitrogen and oxygen atoms in total. The van der Waals surface area contributed by atoms with E-state index in [-0.39, 0.29) is 11.8 Å². The van der Waals surface area contributed by atoms with E-state index in [4.69, 9.17) is 4.74 Å². The van der Waals surface area contributed by atoms with E-state index in [1.165, 1.54) is 38.6 Å². The lowest BCUT2D eigenvalue weighted by Gasteiger charge is -2.28. The van der Waals surface area contributed by atoms with Crippen molar-refractivity contribution in [3.05, 3.63) is 11.6 Å². The summed E-state index contributed by atoms with van der Waals surface area (Å²) in [5, 5.41) is 11.7. The van der Waals surface area contributed by atoms with Gasteiger partial charge in [-0.1, -0.05) is 19.3 Å². The zero-order chi connectivity index (χ0) is 17.8. The Bertz CT molecular complexity index is 605. The summed E-state index contributed by atoms with van der Waals surface area (Å²) < 4.78 is 7.51. The van der Waals surface area contributed by atoms with Crippen molar-refractivity contribution < 1.29 is 9.53 Å². The highest BCUT2D eigenvalue weighted by Gasteiger charge is 2.25. The molecule has 1 aromatic heterocycles. The molecule has 1 saturated heterocycles. The number of rotatable bonds is 5. The van der Waals surface area contributed by atoms with Crippen LogP contribution in [-0.2, 0) is 29.0 Å². The van der Waals surface area contributed by atoms with Crippen LogP contribution in [0.3, 0.4) is 0 Å². The van der Waals surface area contributed by atoms with E-state index >= 15 is 0 Å². The maximum atomic E-state index is 12.2. The van der Waals surface area contributed by atoms with Gasteiger partial charge in [-0.3, -0.25) is 4.79 Å². The second kappa shape index (κ2) is 8.48. The first-order valence-corrected chi connectivity index (χ1v) is 10.3. The van der Waals surface area contributed by atoms with E-state index in [0.717, 1.165) is 50.0 Å². The molecule has 0 radical (unpaired) electrons. The standard InChI is InChI=1S/C19H31N5O2/c25-19(16-7-11-26-14-16)20-12-18-22-21-17-6-8-23(9-10-24(17)18)13-15-4-2-1-3-5-15/h15-16H,1-14H2,(H,20,25)/t16-/m0/s1. The van der Waals surface area contributed by atoms with Gasteiger partial charge in [-0.05, 0) is 25.2 Å². The summed E-state index contributed by atoms with van der Waals surface area (Å²) in [4.78, 5) is 14.8. The number of amides is 1. The Hall–Kier alpha value is -1.47. The molecule has 1 aliphatic carbocycles. The van der Waals surface area contributed by atoms with Crippen LogP contribution in [0.15, 0.2) is 0 Å². The average molecular weight is 361 g/mol. The van der Waals surface area contributed by atoms with Gasteiger partial charge in [-0.25, -0.2) is 0 Å². The molecule has 2 fully saturated rings. The summed E-state index contributed by atoms with van der Waals surface area (Å²) in [6.07, 6.45) is 8.78. The van der Waals surface area contributed by atoms with Crippen LogP contribution < -0.4 is 5.32 Å². The molecule has 2 aliphatic heterocycles. The quantitative estimate of drug-likeness (QED) is 0.858. The molecule has 1 amide bonds. The Morgan fingerprint density at radius 3 is 2.81 bits per heavy atom. The molecule has 1 atom stereocenters. The second-order valence-corrected chi connectivity index (χ2v) is 8.02. The van der Waals surface area contributed by atoms with E-state index in [2.05, 4.69) is 25.0 Å². The maximum Gasteiger partial charge on any atom is 0.225 e. The smallest absolute Gasteiger partial charge is 0.225 e. The van der Waals surface area contributed by atoms with E-state index in [9.17, 15) is 4.79 Å². The summed E-state index contributed by atoms with van der Waals surface area (Å²) in [7, 11) is 0. The number of ether oxygens (including phenoxy) is 1. The number of carbonyl (C=O) groups excluding carboxylic acids is 1. The SMILES string of the molecule is O=C(NCc1nnc2n1CCN(CC1CCCCC1)CC2)[C@H]1CCOC1. The average Bonchev–Trinajstić information content (AvgIpc) is 3.29. The Kier molecular flexibility index (Phi) is 5.84. The molecule has 3 heterocycles. The Labute approximate surface area is 155 Å². The van der Waals surface area contributed by atoms with Crippen LogP contribution >= 0.6 is 0 Å². The fourth-order valence-corrected chi connectivity index (χ4v) is 4.53. The van der Waals surface area contributed by atoms with Gasteiger partial charge in [0.15, 0.2) is 5.82 Å². The lowest BCUT2D eigenvalue weighted by molar-refractivity contribution is -0.125. The van der Waals surface area contributed by atoms with Crippen molar-refractivity contribution >= 4 is 5.91 Å². The summed E-state index contributed by atoms with van der Waals surface area (Å²) in [5.41, 5.74) is 0. The molecule has 0 bridgehead atoms. The van der Waals surface area contributed by atoms with E-state index in [1.807, 2.05) is 0 Å². The van der Waals surface area contributed by atoms with Gasteiger partial charge >= 0.3 is 0 Å². The number of nitrogens with zero attached hydrogens (tertiary/aromatic N) is 4. The largest absolute Gasteiger partial charge is 0.381 e. The minimum absolute atomic E-state index is 0.00693. The van der Waals surface area contributed by atoms with Crippen molar-refractivity contribution in [2.45, 2.75) is 58.0 Å². The zero-order valence-corrected chi connectivity index (χ0v) is 15.7. The molecule has 144 valence electrons. The zero-order valence-electron chi connectivity index (χ0n) is 15.7. The van der Waals surface area contributed by atoms with Gasteiger partial charge in [-0.2, -0.15) is 0 Å². The van der Waals surface area contributed by atoms with Crippen LogP contribution in [0.2, 0.25) is 0 Å². The predicted molar refractivity (Wildman–Crippen MR) is 97.5 cm³/mol. The second-order valence-electron chi connectivity index (χ2n) is 8.02. The number of fused-ring (bicyclic) bond motifs is 1. The van der Waals surface area contributed by atoms with Crippen LogP contribution in [0, 0.1) is 11.8 Å².